The van der Waals surface area contributed by atoms with Crippen LogP contribution in [-0.4, -0.2) is 126 Å². The van der Waals surface area contributed by atoms with Gasteiger partial charge in [-0.1, -0.05) is 41.9 Å². The van der Waals surface area contributed by atoms with Crippen molar-refractivity contribution in [1.29, 1.82) is 0 Å². The molecule has 3 N–H and O–H groups in total. The van der Waals surface area contributed by atoms with Crippen molar-refractivity contribution < 1.29 is 63.7 Å². The van der Waals surface area contributed by atoms with Gasteiger partial charge in [0.15, 0.2) is 18.0 Å². The average Bonchev–Trinajstić information content (AvgIpc) is 3.30. The molecule has 0 aliphatic carbocycles. The van der Waals surface area contributed by atoms with Gasteiger partial charge < -0.3 is 24.4 Å². The van der Waals surface area contributed by atoms with Crippen LogP contribution in [0.5, 0.6) is 11.5 Å². The minimum atomic E-state index is -5.00. The Bertz CT molecular complexity index is 3050. The first-order valence-electron chi connectivity index (χ1n) is 21.4. The van der Waals surface area contributed by atoms with Crippen LogP contribution in [0.3, 0.4) is 0 Å². The first-order valence-corrected chi connectivity index (χ1v) is 24.7. The molecule has 1 amide bonds. The highest BCUT2D eigenvalue weighted by Gasteiger charge is 2.36. The molecule has 372 valence electrons. The molecule has 2 fully saturated rings. The van der Waals surface area contributed by atoms with Crippen molar-refractivity contribution in [3.63, 3.8) is 0 Å². The molecule has 70 heavy (non-hydrogen) atoms. The first-order chi connectivity index (χ1) is 33.0. The Kier molecular flexibility index (Phi) is 16.8. The topological polar surface area (TPSA) is 241 Å². The van der Waals surface area contributed by atoms with Gasteiger partial charge in [0.25, 0.3) is 26.1 Å². The lowest BCUT2D eigenvalue weighted by Crippen LogP contribution is -2.58. The van der Waals surface area contributed by atoms with Gasteiger partial charge in [-0.25, -0.2) is 18.4 Å². The lowest BCUT2D eigenvalue weighted by molar-refractivity contribution is -0.139. The van der Waals surface area contributed by atoms with E-state index in [1.54, 1.807) is 41.0 Å². The summed E-state index contributed by atoms with van der Waals surface area (Å²) in [5.74, 6) is -0.250. The first kappa shape index (κ1) is 53.0. The summed E-state index contributed by atoms with van der Waals surface area (Å²) in [5, 5.41) is 11.9. The lowest BCUT2D eigenvalue weighted by Gasteiger charge is -2.45. The predicted octanol–water partition coefficient (Wildman–Crippen LogP) is 7.19. The summed E-state index contributed by atoms with van der Waals surface area (Å²) in [6, 6.07) is 19.7. The van der Waals surface area contributed by atoms with E-state index in [9.17, 15) is 54.0 Å². The summed E-state index contributed by atoms with van der Waals surface area (Å²) in [7, 11) is -9.66. The van der Waals surface area contributed by atoms with E-state index in [4.69, 9.17) is 26.2 Å². The second-order valence-corrected chi connectivity index (χ2v) is 20.0. The molecule has 0 aromatic heterocycles. The fourth-order valence-corrected chi connectivity index (χ4v) is 9.61. The van der Waals surface area contributed by atoms with Crippen molar-refractivity contribution in [3.8, 4) is 11.5 Å². The third kappa shape index (κ3) is 12.7. The van der Waals surface area contributed by atoms with Gasteiger partial charge in [-0.2, -0.15) is 16.8 Å². The number of nitrogens with zero attached hydrogens (tertiary/aromatic N) is 5. The normalized spacial score (nSPS) is 19.0. The summed E-state index contributed by atoms with van der Waals surface area (Å²) >= 11 is 6.06. The lowest BCUT2D eigenvalue weighted by atomic mass is 10.0. The molecule has 5 aromatic rings. The molecule has 2 saturated heterocycles. The van der Waals surface area contributed by atoms with E-state index >= 15 is 0 Å². The number of nitroso groups, excluding NO2 is 1. The average molecular weight is 1030 g/mol. The second kappa shape index (κ2) is 22.2. The number of amides is 1. The van der Waals surface area contributed by atoms with Crippen LogP contribution < -0.4 is 9.47 Å². The van der Waals surface area contributed by atoms with Gasteiger partial charge in [0.05, 0.1) is 21.5 Å². The molecule has 5 aromatic carbocycles. The highest BCUT2D eigenvalue weighted by molar-refractivity contribution is 7.86. The maximum absolute atomic E-state index is 13.3. The quantitative estimate of drug-likeness (QED) is 0.0566. The van der Waals surface area contributed by atoms with Gasteiger partial charge in [-0.3, -0.25) is 23.7 Å². The Balaban J connectivity index is 0.000000239. The van der Waals surface area contributed by atoms with E-state index in [-0.39, 0.29) is 81.8 Å². The summed E-state index contributed by atoms with van der Waals surface area (Å²) in [5.41, 5.74) is 1.60. The van der Waals surface area contributed by atoms with Gasteiger partial charge >= 0.3 is 5.97 Å². The Morgan fingerprint density at radius 2 is 1.39 bits per heavy atom. The molecule has 7 rings (SSSR count). The fourth-order valence-electron chi connectivity index (χ4n) is 8.20. The maximum atomic E-state index is 13.3. The van der Waals surface area contributed by atoms with Crippen LogP contribution in [0.2, 0.25) is 5.02 Å². The van der Waals surface area contributed by atoms with Crippen LogP contribution in [-0.2, 0) is 42.9 Å². The molecule has 0 saturated carbocycles. The minimum Gasteiger partial charge on any atom is -0.482 e. The molecule has 2 aliphatic heterocycles. The fraction of sp³-hybridized carbons (Fsp3) is 0.319. The maximum Gasteiger partial charge on any atom is 0.335 e. The van der Waals surface area contributed by atoms with Crippen LogP contribution in [0.25, 0.3) is 10.8 Å². The zero-order valence-electron chi connectivity index (χ0n) is 38.0. The van der Waals surface area contributed by atoms with Gasteiger partial charge in [0.2, 0.25) is 0 Å². The number of piperazine rings is 2. The molecule has 23 heteroatoms. The molecule has 2 heterocycles. The van der Waals surface area contributed by atoms with Gasteiger partial charge in [0, 0.05) is 56.2 Å². The van der Waals surface area contributed by atoms with Crippen molar-refractivity contribution in [2.45, 2.75) is 74.7 Å². The number of hydrogen-bond acceptors (Lipinski definition) is 14. The molecule has 18 nitrogen and oxygen atoms in total. The zero-order valence-corrected chi connectivity index (χ0v) is 40.4. The van der Waals surface area contributed by atoms with Crippen LogP contribution >= 0.6 is 11.6 Å². The monoisotopic (exact) mass is 1030 g/mol. The van der Waals surface area contributed by atoms with Crippen LogP contribution in [0, 0.1) is 16.5 Å². The number of carboxylic acids is 1. The van der Waals surface area contributed by atoms with Gasteiger partial charge in [0.1, 0.15) is 40.6 Å². The van der Waals surface area contributed by atoms with Crippen molar-refractivity contribution in [1.82, 2.24) is 19.6 Å². The van der Waals surface area contributed by atoms with E-state index in [2.05, 4.69) is 17.0 Å². The Morgan fingerprint density at radius 1 is 0.771 bits per heavy atom. The molecule has 0 radical (unpaired) electrons. The molecule has 0 spiro atoms. The number of fused-ring (bicyclic) bond motifs is 1. The number of carbonyl (C=O) groups is 2. The zero-order chi connectivity index (χ0) is 51.2. The largest absolute Gasteiger partial charge is 0.482 e. The van der Waals surface area contributed by atoms with Crippen molar-refractivity contribution in [2.75, 3.05) is 33.0 Å². The van der Waals surface area contributed by atoms with Crippen molar-refractivity contribution in [2.24, 2.45) is 5.18 Å². The van der Waals surface area contributed by atoms with Crippen molar-refractivity contribution in [3.05, 3.63) is 135 Å². The third-order valence-corrected chi connectivity index (χ3v) is 14.0. The number of halogens is 3. The van der Waals surface area contributed by atoms with Crippen LogP contribution in [0.15, 0.2) is 112 Å². The SMILES string of the molecule is C[C@@H]1C(=C=O)N(Cc2ccc(F)cc2)[C@@H](C)CN1COc1c(S(=O)(=O)O)cc2cc(S(=O)(=O)O)ccc2c1N=O.C[C@@H]1CN(Cc2ccc(F)cc2)[C@@H](C)CN1C(=O)COc1ccc(C(=O)O)cc1Cl. The molecule has 0 unspecified atom stereocenters. The summed E-state index contributed by atoms with van der Waals surface area (Å²) in [4.78, 5) is 53.6. The smallest absolute Gasteiger partial charge is 0.335 e. The van der Waals surface area contributed by atoms with Gasteiger partial charge in [-0.05, 0) is 110 Å². The molecule has 2 aliphatic rings. The number of carbonyl (C=O) groups excluding carboxylic acids is 2. The molecule has 0 bridgehead atoms. The number of aromatic carboxylic acids is 1. The van der Waals surface area contributed by atoms with E-state index in [0.29, 0.717) is 32.7 Å². The highest BCUT2D eigenvalue weighted by atomic mass is 35.5. The standard InChI is InChI=1S/C25H24FN3O9S2.C22H24ClFN2O4/c1-15-11-28(16(2)22(13-30)29(15)12-17-3-5-19(26)6-4-17)14-38-25-23(40(35,36)37)10-18-9-20(39(32,33)34)7-8-21(18)24(25)27-31;1-14-11-26(15(2)10-25(14)12-16-3-6-18(24)7-4-16)21(27)13-30-20-8-5-17(22(28)29)9-19(20)23/h3-10,15-16H,11-12,14H2,1-2H3,(H,32,33,34)(H,35,36,37);3-9,14-15H,10-13H2,1-2H3,(H,28,29)/t15-,16+;14-,15+/m00/s1. The number of ether oxygens (including phenoxy) is 2. The Labute approximate surface area is 407 Å². The number of hydrogen-bond donors (Lipinski definition) is 3. The van der Waals surface area contributed by atoms with E-state index in [0.717, 1.165) is 35.4 Å². The third-order valence-electron chi connectivity index (χ3n) is 12.0. The van der Waals surface area contributed by atoms with E-state index in [1.165, 1.54) is 42.5 Å². The minimum absolute atomic E-state index is 0.00353. The number of rotatable bonds is 14. The molecular weight excluding hydrogens is 980 g/mol. The molecular formula is C47H48ClF2N5O13S2. The summed E-state index contributed by atoms with van der Waals surface area (Å²) in [6.45, 7) is 9.63. The summed E-state index contributed by atoms with van der Waals surface area (Å²) in [6.07, 6.45) is 0. The predicted molar refractivity (Wildman–Crippen MR) is 253 cm³/mol. The van der Waals surface area contributed by atoms with Crippen LogP contribution in [0.1, 0.15) is 49.2 Å². The second-order valence-electron chi connectivity index (χ2n) is 16.8. The number of benzene rings is 5. The Hall–Kier alpha value is -6.36. The molecule has 4 atom stereocenters. The Morgan fingerprint density at radius 3 is 1.94 bits per heavy atom. The van der Waals surface area contributed by atoms with Crippen LogP contribution in [0.4, 0.5) is 14.5 Å². The van der Waals surface area contributed by atoms with E-state index < -0.39 is 53.5 Å². The van der Waals surface area contributed by atoms with E-state index in [1.807, 2.05) is 24.7 Å². The number of carboxylic acid groups (broad SMARTS) is 1. The van der Waals surface area contributed by atoms with Gasteiger partial charge in [-0.15, -0.1) is 4.91 Å². The van der Waals surface area contributed by atoms with Crippen molar-refractivity contribution >= 4 is 66.1 Å². The summed E-state index contributed by atoms with van der Waals surface area (Å²) < 4.78 is 104. The highest BCUT2D eigenvalue weighted by Crippen LogP contribution is 2.42.